The van der Waals surface area contributed by atoms with Crippen LogP contribution in [0, 0.1) is 11.8 Å². The van der Waals surface area contributed by atoms with Gasteiger partial charge in [-0.05, 0) is 0 Å². The number of epoxide rings is 2. The molecule has 3 fully saturated rings. The van der Waals surface area contributed by atoms with E-state index in [0.717, 1.165) is 0 Å². The molecular formula is C9H10O6. The molecule has 6 nitrogen and oxygen atoms in total. The van der Waals surface area contributed by atoms with Gasteiger partial charge in [-0.25, -0.2) is 0 Å². The van der Waals surface area contributed by atoms with E-state index in [1.54, 1.807) is 0 Å². The Labute approximate surface area is 85.1 Å². The van der Waals surface area contributed by atoms with E-state index in [2.05, 4.69) is 4.74 Å². The van der Waals surface area contributed by atoms with E-state index in [1.165, 1.54) is 7.11 Å². The van der Waals surface area contributed by atoms with E-state index >= 15 is 0 Å². The molecule has 0 bridgehead atoms. The van der Waals surface area contributed by atoms with Crippen molar-refractivity contribution in [2.45, 2.75) is 24.4 Å². The molecule has 6 atom stereocenters. The van der Waals surface area contributed by atoms with E-state index in [-0.39, 0.29) is 24.4 Å². The number of hydrogen-bond donors (Lipinski definition) is 1. The van der Waals surface area contributed by atoms with Gasteiger partial charge < -0.3 is 19.3 Å². The third kappa shape index (κ3) is 1.12. The highest BCUT2D eigenvalue weighted by Gasteiger charge is 2.72. The van der Waals surface area contributed by atoms with Crippen molar-refractivity contribution in [1.29, 1.82) is 0 Å². The molecule has 15 heavy (non-hydrogen) atoms. The number of hydrogen-bond acceptors (Lipinski definition) is 5. The number of rotatable bonds is 2. The molecule has 0 aromatic heterocycles. The van der Waals surface area contributed by atoms with Gasteiger partial charge in [-0.1, -0.05) is 0 Å². The highest BCUT2D eigenvalue weighted by Crippen LogP contribution is 2.54. The molecule has 2 heterocycles. The molecule has 0 spiro atoms. The third-order valence-electron chi connectivity index (χ3n) is 3.30. The van der Waals surface area contributed by atoms with Gasteiger partial charge in [-0.2, -0.15) is 0 Å². The fourth-order valence-electron chi connectivity index (χ4n) is 2.50. The number of aliphatic carboxylic acids is 1. The largest absolute Gasteiger partial charge is 0.481 e. The number of ether oxygens (including phenoxy) is 3. The number of carboxylic acids is 1. The van der Waals surface area contributed by atoms with Crippen LogP contribution in [0.3, 0.4) is 0 Å². The van der Waals surface area contributed by atoms with Crippen LogP contribution < -0.4 is 0 Å². The summed E-state index contributed by atoms with van der Waals surface area (Å²) < 4.78 is 15.1. The Morgan fingerprint density at radius 1 is 1.07 bits per heavy atom. The Bertz CT molecular complexity index is 339. The second kappa shape index (κ2) is 2.70. The molecule has 0 aromatic rings. The number of esters is 1. The summed E-state index contributed by atoms with van der Waals surface area (Å²) in [6.07, 6.45) is -0.940. The summed E-state index contributed by atoms with van der Waals surface area (Å²) in [5, 5.41) is 9.04. The molecule has 0 amide bonds. The number of carboxylic acid groups (broad SMARTS) is 1. The third-order valence-corrected chi connectivity index (χ3v) is 3.30. The van der Waals surface area contributed by atoms with Crippen molar-refractivity contribution in [2.24, 2.45) is 11.8 Å². The Morgan fingerprint density at radius 2 is 1.60 bits per heavy atom. The van der Waals surface area contributed by atoms with E-state index in [9.17, 15) is 9.59 Å². The zero-order chi connectivity index (χ0) is 10.7. The first-order valence-electron chi connectivity index (χ1n) is 4.76. The predicted molar refractivity (Wildman–Crippen MR) is 44.0 cm³/mol. The van der Waals surface area contributed by atoms with E-state index in [4.69, 9.17) is 14.6 Å². The molecule has 2 aliphatic heterocycles. The van der Waals surface area contributed by atoms with E-state index in [1.807, 2.05) is 0 Å². The highest BCUT2D eigenvalue weighted by molar-refractivity contribution is 5.83. The molecule has 0 aromatic carbocycles. The van der Waals surface area contributed by atoms with E-state index in [0.29, 0.717) is 0 Å². The average molecular weight is 214 g/mol. The summed E-state index contributed by atoms with van der Waals surface area (Å²) in [6, 6.07) is 0. The number of fused-ring (bicyclic) bond motifs is 3. The van der Waals surface area contributed by atoms with Crippen molar-refractivity contribution < 1.29 is 28.9 Å². The lowest BCUT2D eigenvalue weighted by Crippen LogP contribution is -2.42. The van der Waals surface area contributed by atoms with Crippen LogP contribution in [0.25, 0.3) is 0 Å². The smallest absolute Gasteiger partial charge is 0.312 e. The van der Waals surface area contributed by atoms with Gasteiger partial charge in [0.25, 0.3) is 0 Å². The van der Waals surface area contributed by atoms with E-state index < -0.39 is 23.8 Å². The first-order valence-corrected chi connectivity index (χ1v) is 4.76. The van der Waals surface area contributed by atoms with Crippen molar-refractivity contribution in [2.75, 3.05) is 7.11 Å². The van der Waals surface area contributed by atoms with Gasteiger partial charge in [0.15, 0.2) is 0 Å². The zero-order valence-electron chi connectivity index (χ0n) is 7.95. The molecule has 1 saturated carbocycles. The summed E-state index contributed by atoms with van der Waals surface area (Å²) in [7, 11) is 1.25. The monoisotopic (exact) mass is 214 g/mol. The van der Waals surface area contributed by atoms with Crippen molar-refractivity contribution in [3.8, 4) is 0 Å². The molecule has 1 aliphatic carbocycles. The Morgan fingerprint density at radius 3 is 2.07 bits per heavy atom. The van der Waals surface area contributed by atoms with Gasteiger partial charge in [0.2, 0.25) is 0 Å². The van der Waals surface area contributed by atoms with Crippen LogP contribution in [-0.2, 0) is 23.8 Å². The zero-order valence-corrected chi connectivity index (χ0v) is 7.95. The maximum Gasteiger partial charge on any atom is 0.312 e. The predicted octanol–water partition coefficient (Wildman–Crippen LogP) is -0.975. The lowest BCUT2D eigenvalue weighted by Gasteiger charge is -2.20. The van der Waals surface area contributed by atoms with Crippen LogP contribution in [0.2, 0.25) is 0 Å². The SMILES string of the molecule is COC(=O)[C@@H]1[C@@H]2O[C@@H]2[C@H]2O[C@H]2[C@H]1C(=O)O. The Balaban J connectivity index is 1.89. The van der Waals surface area contributed by atoms with Crippen molar-refractivity contribution in [3.63, 3.8) is 0 Å². The molecule has 82 valence electrons. The normalized spacial score (nSPS) is 49.9. The fraction of sp³-hybridized carbons (Fsp3) is 0.778. The van der Waals surface area contributed by atoms with Crippen LogP contribution in [-0.4, -0.2) is 48.6 Å². The Kier molecular flexibility index (Phi) is 1.64. The maximum absolute atomic E-state index is 11.5. The van der Waals surface area contributed by atoms with Gasteiger partial charge >= 0.3 is 11.9 Å². The minimum Gasteiger partial charge on any atom is -0.481 e. The van der Waals surface area contributed by atoms with Crippen LogP contribution in [0.5, 0.6) is 0 Å². The van der Waals surface area contributed by atoms with Crippen LogP contribution in [0.1, 0.15) is 0 Å². The summed E-state index contributed by atoms with van der Waals surface area (Å²) in [5.74, 6) is -3.09. The average Bonchev–Trinajstić information content (AvgIpc) is 3.01. The maximum atomic E-state index is 11.5. The lowest BCUT2D eigenvalue weighted by atomic mass is 9.79. The van der Waals surface area contributed by atoms with Gasteiger partial charge in [0, 0.05) is 0 Å². The molecule has 0 radical (unpaired) electrons. The summed E-state index contributed by atoms with van der Waals surface area (Å²) in [4.78, 5) is 22.5. The first-order chi connectivity index (χ1) is 7.15. The quantitative estimate of drug-likeness (QED) is 0.469. The highest BCUT2D eigenvalue weighted by atomic mass is 16.7. The van der Waals surface area contributed by atoms with Gasteiger partial charge in [0.05, 0.1) is 7.11 Å². The van der Waals surface area contributed by atoms with Gasteiger partial charge in [-0.3, -0.25) is 9.59 Å². The topological polar surface area (TPSA) is 88.7 Å². The van der Waals surface area contributed by atoms with Crippen LogP contribution in [0.15, 0.2) is 0 Å². The second-order valence-corrected chi connectivity index (χ2v) is 4.04. The standard InChI is InChI=1S/C9H10O6/c1-13-9(12)3-2(8(10)11)4-6(14-4)7-5(3)15-7/h2-7H,1H3,(H,10,11)/t2-,3-,4-,5-,6-,7-/m0/s1. The summed E-state index contributed by atoms with van der Waals surface area (Å²) in [6.45, 7) is 0. The van der Waals surface area contributed by atoms with Crippen LogP contribution in [0.4, 0.5) is 0 Å². The minimum absolute atomic E-state index is 0.102. The minimum atomic E-state index is -1.02. The summed E-state index contributed by atoms with van der Waals surface area (Å²) >= 11 is 0. The molecular weight excluding hydrogens is 204 g/mol. The van der Waals surface area contributed by atoms with Gasteiger partial charge in [0.1, 0.15) is 36.3 Å². The lowest BCUT2D eigenvalue weighted by molar-refractivity contribution is -0.157. The Hall–Kier alpha value is -1.14. The summed E-state index contributed by atoms with van der Waals surface area (Å²) in [5.41, 5.74) is 0. The molecule has 0 unspecified atom stereocenters. The van der Waals surface area contributed by atoms with Crippen molar-refractivity contribution in [1.82, 2.24) is 0 Å². The second-order valence-electron chi connectivity index (χ2n) is 4.04. The number of carbonyl (C=O) groups excluding carboxylic acids is 1. The number of carbonyl (C=O) groups is 2. The molecule has 3 aliphatic rings. The fourth-order valence-corrected chi connectivity index (χ4v) is 2.50. The van der Waals surface area contributed by atoms with Crippen molar-refractivity contribution >= 4 is 11.9 Å². The molecule has 2 saturated heterocycles. The molecule has 6 heteroatoms. The number of methoxy groups -OCH3 is 1. The van der Waals surface area contributed by atoms with Crippen molar-refractivity contribution in [3.05, 3.63) is 0 Å². The van der Waals surface area contributed by atoms with Gasteiger partial charge in [-0.15, -0.1) is 0 Å². The first kappa shape index (κ1) is 9.11. The molecule has 3 rings (SSSR count). The van der Waals surface area contributed by atoms with Crippen LogP contribution >= 0.6 is 0 Å². The molecule has 1 N–H and O–H groups in total.